The van der Waals surface area contributed by atoms with Crippen LogP contribution in [0.25, 0.3) is 10.4 Å². The number of aryl methyl sites for hydroxylation is 1. The smallest absolute Gasteiger partial charge is 0.267 e. The van der Waals surface area contributed by atoms with Gasteiger partial charge >= 0.3 is 0 Å². The Bertz CT molecular complexity index is 960. The summed E-state index contributed by atoms with van der Waals surface area (Å²) in [6, 6.07) is 11.2. The molecule has 1 amide bonds. The van der Waals surface area contributed by atoms with Crippen molar-refractivity contribution in [3.8, 4) is 10.4 Å². The van der Waals surface area contributed by atoms with Crippen LogP contribution in [0.15, 0.2) is 36.4 Å². The van der Waals surface area contributed by atoms with Crippen molar-refractivity contribution >= 4 is 51.1 Å². The third-order valence-corrected chi connectivity index (χ3v) is 6.39. The first-order valence-corrected chi connectivity index (χ1v) is 9.81. The van der Waals surface area contributed by atoms with E-state index >= 15 is 0 Å². The molecule has 1 aliphatic carbocycles. The summed E-state index contributed by atoms with van der Waals surface area (Å²) in [6.45, 7) is 0. The molecule has 0 saturated heterocycles. The van der Waals surface area contributed by atoms with E-state index in [2.05, 4.69) is 10.3 Å². The van der Waals surface area contributed by atoms with Crippen molar-refractivity contribution in [1.82, 2.24) is 4.98 Å². The summed E-state index contributed by atoms with van der Waals surface area (Å²) in [5, 5.41) is 3.99. The Hall–Kier alpha value is -2.02. The summed E-state index contributed by atoms with van der Waals surface area (Å²) in [5.41, 5.74) is 1.83. The lowest BCUT2D eigenvalue weighted by atomic mass is 10.0. The van der Waals surface area contributed by atoms with Gasteiger partial charge in [-0.15, -0.1) is 11.3 Å². The van der Waals surface area contributed by atoms with Crippen LogP contribution in [0.2, 0.25) is 5.02 Å². The molecule has 0 radical (unpaired) electrons. The predicted molar refractivity (Wildman–Crippen MR) is 102 cm³/mol. The number of hydrogen-bond donors (Lipinski definition) is 1. The third kappa shape index (κ3) is 3.38. The highest BCUT2D eigenvalue weighted by Crippen LogP contribution is 2.32. The lowest BCUT2D eigenvalue weighted by Gasteiger charge is -2.05. The van der Waals surface area contributed by atoms with E-state index in [1.54, 1.807) is 6.07 Å². The van der Waals surface area contributed by atoms with E-state index in [1.807, 2.05) is 30.3 Å². The van der Waals surface area contributed by atoms with Gasteiger partial charge in [0.05, 0.1) is 15.4 Å². The van der Waals surface area contributed by atoms with Crippen molar-refractivity contribution in [3.63, 3.8) is 0 Å². The minimum absolute atomic E-state index is 0.125. The van der Waals surface area contributed by atoms with E-state index in [9.17, 15) is 9.59 Å². The zero-order valence-corrected chi connectivity index (χ0v) is 15.4. The van der Waals surface area contributed by atoms with Crippen molar-refractivity contribution in [2.45, 2.75) is 19.3 Å². The number of halogens is 1. The summed E-state index contributed by atoms with van der Waals surface area (Å²) < 4.78 is 0. The average molecular weight is 389 g/mol. The van der Waals surface area contributed by atoms with E-state index in [4.69, 9.17) is 11.6 Å². The summed E-state index contributed by atoms with van der Waals surface area (Å²) >= 11 is 8.59. The fourth-order valence-electron chi connectivity index (χ4n) is 2.71. The summed E-state index contributed by atoms with van der Waals surface area (Å²) in [5.74, 6) is -0.0795. The maximum atomic E-state index is 12.5. The number of anilines is 1. The van der Waals surface area contributed by atoms with Crippen molar-refractivity contribution in [3.05, 3.63) is 56.9 Å². The van der Waals surface area contributed by atoms with Crippen molar-refractivity contribution in [1.29, 1.82) is 0 Å². The molecule has 25 heavy (non-hydrogen) atoms. The highest BCUT2D eigenvalue weighted by Gasteiger charge is 2.23. The topological polar surface area (TPSA) is 59.1 Å². The standard InChI is InChI=1S/C18H13ClN2O2S2/c19-11-6-4-10(5-7-11)14-8-9-15(24-14)17(23)21-18-20-12-2-1-3-13(22)16(12)25-18/h4-9H,1-3H2,(H,20,21,23). The van der Waals surface area contributed by atoms with Gasteiger partial charge in [-0.3, -0.25) is 14.9 Å². The van der Waals surface area contributed by atoms with E-state index in [0.29, 0.717) is 26.3 Å². The molecule has 1 aromatic carbocycles. The SMILES string of the molecule is O=C(Nc1nc2c(s1)C(=O)CCC2)c1ccc(-c2ccc(Cl)cc2)s1. The molecule has 0 fully saturated rings. The normalized spacial score (nSPS) is 13.6. The van der Waals surface area contributed by atoms with Gasteiger partial charge < -0.3 is 0 Å². The molecular formula is C18H13ClN2O2S2. The minimum Gasteiger partial charge on any atom is -0.297 e. The van der Waals surface area contributed by atoms with Crippen molar-refractivity contribution < 1.29 is 9.59 Å². The Labute approximate surface area is 157 Å². The van der Waals surface area contributed by atoms with Crippen LogP contribution in [0.1, 0.15) is 37.9 Å². The number of benzene rings is 1. The van der Waals surface area contributed by atoms with Gasteiger partial charge in [0, 0.05) is 16.3 Å². The quantitative estimate of drug-likeness (QED) is 0.662. The number of thiophene rings is 1. The van der Waals surface area contributed by atoms with Gasteiger partial charge in [0.15, 0.2) is 10.9 Å². The molecule has 1 aliphatic rings. The first-order valence-electron chi connectivity index (χ1n) is 7.80. The number of carbonyl (C=O) groups excluding carboxylic acids is 2. The number of ketones is 1. The van der Waals surface area contributed by atoms with E-state index in [1.165, 1.54) is 22.7 Å². The molecule has 0 saturated carbocycles. The van der Waals surface area contributed by atoms with Gasteiger partial charge in [-0.25, -0.2) is 4.98 Å². The Balaban J connectivity index is 1.52. The molecule has 0 aliphatic heterocycles. The van der Waals surface area contributed by atoms with E-state index < -0.39 is 0 Å². The van der Waals surface area contributed by atoms with Crippen LogP contribution in [0.3, 0.4) is 0 Å². The molecule has 4 rings (SSSR count). The van der Waals surface area contributed by atoms with Gasteiger partial charge in [0.1, 0.15) is 0 Å². The Morgan fingerprint density at radius 2 is 1.88 bits per heavy atom. The second-order valence-corrected chi connectivity index (χ2v) is 8.22. The number of aromatic nitrogens is 1. The van der Waals surface area contributed by atoms with Gasteiger partial charge in [0.2, 0.25) is 0 Å². The number of fused-ring (bicyclic) bond motifs is 1. The van der Waals surface area contributed by atoms with E-state index in [-0.39, 0.29) is 11.7 Å². The highest BCUT2D eigenvalue weighted by atomic mass is 35.5. The molecule has 3 aromatic rings. The van der Waals surface area contributed by atoms with Gasteiger partial charge in [0.25, 0.3) is 5.91 Å². The number of Topliss-reactive ketones (excluding diaryl/α,β-unsaturated/α-hetero) is 1. The third-order valence-electron chi connectivity index (χ3n) is 3.95. The first-order chi connectivity index (χ1) is 12.1. The number of rotatable bonds is 3. The maximum Gasteiger partial charge on any atom is 0.267 e. The Morgan fingerprint density at radius 1 is 1.08 bits per heavy atom. The van der Waals surface area contributed by atoms with Crippen molar-refractivity contribution in [2.75, 3.05) is 5.32 Å². The molecule has 0 unspecified atom stereocenters. The van der Waals surface area contributed by atoms with Crippen LogP contribution in [-0.2, 0) is 6.42 Å². The largest absolute Gasteiger partial charge is 0.297 e. The second-order valence-electron chi connectivity index (χ2n) is 5.70. The van der Waals surface area contributed by atoms with Crippen molar-refractivity contribution in [2.24, 2.45) is 0 Å². The van der Waals surface area contributed by atoms with E-state index in [0.717, 1.165) is 29.0 Å². The number of carbonyl (C=O) groups is 2. The molecule has 0 atom stereocenters. The number of thiazole rings is 1. The zero-order chi connectivity index (χ0) is 17.4. The molecule has 2 aromatic heterocycles. The van der Waals surface area contributed by atoms with Crippen LogP contribution in [0.5, 0.6) is 0 Å². The monoisotopic (exact) mass is 388 g/mol. The van der Waals surface area contributed by atoms with Crippen LogP contribution >= 0.6 is 34.3 Å². The lowest BCUT2D eigenvalue weighted by Crippen LogP contribution is -2.10. The summed E-state index contributed by atoms with van der Waals surface area (Å²) in [7, 11) is 0. The van der Waals surface area contributed by atoms with Crippen LogP contribution < -0.4 is 5.32 Å². The molecule has 4 nitrogen and oxygen atoms in total. The molecule has 126 valence electrons. The molecule has 0 bridgehead atoms. The molecule has 1 N–H and O–H groups in total. The maximum absolute atomic E-state index is 12.5. The van der Waals surface area contributed by atoms with Crippen LogP contribution in [0.4, 0.5) is 5.13 Å². The number of amides is 1. The Kier molecular flexibility index (Phi) is 4.41. The zero-order valence-electron chi connectivity index (χ0n) is 13.0. The molecule has 0 spiro atoms. The Morgan fingerprint density at radius 3 is 2.64 bits per heavy atom. The first kappa shape index (κ1) is 16.4. The summed E-state index contributed by atoms with van der Waals surface area (Å²) in [4.78, 5) is 31.0. The molecule has 2 heterocycles. The lowest BCUT2D eigenvalue weighted by molar-refractivity contribution is 0.0975. The van der Waals surface area contributed by atoms with Gasteiger partial charge in [-0.1, -0.05) is 35.1 Å². The fraction of sp³-hybridized carbons (Fsp3) is 0.167. The number of nitrogens with zero attached hydrogens (tertiary/aromatic N) is 1. The highest BCUT2D eigenvalue weighted by molar-refractivity contribution is 7.19. The number of hydrogen-bond acceptors (Lipinski definition) is 5. The van der Waals surface area contributed by atoms with Gasteiger partial charge in [-0.2, -0.15) is 0 Å². The second kappa shape index (κ2) is 6.71. The van der Waals surface area contributed by atoms with Gasteiger partial charge in [-0.05, 0) is 42.7 Å². The molecule has 7 heteroatoms. The number of nitrogens with one attached hydrogen (secondary N) is 1. The molecular weight excluding hydrogens is 376 g/mol. The predicted octanol–water partition coefficient (Wildman–Crippen LogP) is 5.30. The fourth-order valence-corrected chi connectivity index (χ4v) is 4.72. The minimum atomic E-state index is -0.205. The van der Waals surface area contributed by atoms with Crippen LogP contribution in [0, 0.1) is 0 Å². The summed E-state index contributed by atoms with van der Waals surface area (Å²) in [6.07, 6.45) is 2.20. The average Bonchev–Trinajstić information content (AvgIpc) is 3.23. The van der Waals surface area contributed by atoms with Crippen LogP contribution in [-0.4, -0.2) is 16.7 Å².